The molecule has 0 saturated carbocycles. The third kappa shape index (κ3) is 2.84. The van der Waals surface area contributed by atoms with Crippen LogP contribution >= 0.6 is 0 Å². The van der Waals surface area contributed by atoms with Crippen LogP contribution in [0.2, 0.25) is 0 Å². The minimum absolute atomic E-state index is 0.137. The van der Waals surface area contributed by atoms with Gasteiger partial charge in [-0.15, -0.1) is 0 Å². The Kier molecular flexibility index (Phi) is 4.29. The molecule has 1 aliphatic carbocycles. The van der Waals surface area contributed by atoms with E-state index in [1.807, 2.05) is 0 Å². The number of ether oxygens (including phenoxy) is 2. The van der Waals surface area contributed by atoms with Crippen molar-refractivity contribution in [1.82, 2.24) is 4.98 Å². The fourth-order valence-electron chi connectivity index (χ4n) is 3.41. The summed E-state index contributed by atoms with van der Waals surface area (Å²) in [5.74, 6) is 0. The van der Waals surface area contributed by atoms with E-state index in [1.54, 1.807) is 14.2 Å². The molecule has 1 aromatic heterocycles. The SMILES string of the molecule is COC(C[NH2+][C@@H]1CCCc2c1[nH]c1ccc(C)cc21)OC. The maximum Gasteiger partial charge on any atom is 0.206 e. The summed E-state index contributed by atoms with van der Waals surface area (Å²) in [6.45, 7) is 2.98. The Morgan fingerprint density at radius 2 is 2.14 bits per heavy atom. The van der Waals surface area contributed by atoms with Gasteiger partial charge in [-0.05, 0) is 37.5 Å². The highest BCUT2D eigenvalue weighted by atomic mass is 16.7. The molecular weight excluding hydrogens is 264 g/mol. The highest BCUT2D eigenvalue weighted by molar-refractivity contribution is 5.85. The van der Waals surface area contributed by atoms with Crippen molar-refractivity contribution in [2.75, 3.05) is 20.8 Å². The molecule has 114 valence electrons. The van der Waals surface area contributed by atoms with Gasteiger partial charge in [-0.3, -0.25) is 0 Å². The van der Waals surface area contributed by atoms with E-state index in [-0.39, 0.29) is 6.29 Å². The molecule has 1 atom stereocenters. The third-order valence-electron chi connectivity index (χ3n) is 4.55. The molecule has 2 aromatic rings. The van der Waals surface area contributed by atoms with E-state index in [2.05, 4.69) is 35.4 Å². The fraction of sp³-hybridized carbons (Fsp3) is 0.529. The summed E-state index contributed by atoms with van der Waals surface area (Å²) < 4.78 is 10.6. The van der Waals surface area contributed by atoms with Gasteiger partial charge < -0.3 is 19.8 Å². The number of nitrogens with one attached hydrogen (secondary N) is 1. The van der Waals surface area contributed by atoms with E-state index >= 15 is 0 Å². The first-order valence-corrected chi connectivity index (χ1v) is 7.73. The summed E-state index contributed by atoms with van der Waals surface area (Å²) in [4.78, 5) is 3.64. The van der Waals surface area contributed by atoms with Gasteiger partial charge in [0.05, 0.1) is 5.69 Å². The van der Waals surface area contributed by atoms with E-state index in [1.165, 1.54) is 47.0 Å². The monoisotopic (exact) mass is 289 g/mol. The Morgan fingerprint density at radius 3 is 2.90 bits per heavy atom. The smallest absolute Gasteiger partial charge is 0.206 e. The van der Waals surface area contributed by atoms with Crippen molar-refractivity contribution >= 4 is 10.9 Å². The van der Waals surface area contributed by atoms with Gasteiger partial charge in [0, 0.05) is 31.5 Å². The lowest BCUT2D eigenvalue weighted by Gasteiger charge is -2.22. The Bertz CT molecular complexity index is 617. The number of hydrogen-bond acceptors (Lipinski definition) is 2. The van der Waals surface area contributed by atoms with Crippen LogP contribution in [0, 0.1) is 6.92 Å². The van der Waals surface area contributed by atoms with Gasteiger partial charge in [-0.25, -0.2) is 0 Å². The van der Waals surface area contributed by atoms with Crippen molar-refractivity contribution in [2.24, 2.45) is 0 Å². The lowest BCUT2D eigenvalue weighted by atomic mass is 9.91. The molecule has 0 amide bonds. The zero-order chi connectivity index (χ0) is 14.8. The largest absolute Gasteiger partial charge is 0.353 e. The van der Waals surface area contributed by atoms with E-state index in [9.17, 15) is 0 Å². The van der Waals surface area contributed by atoms with Gasteiger partial charge in [-0.1, -0.05) is 11.6 Å². The van der Waals surface area contributed by atoms with Crippen molar-refractivity contribution in [3.63, 3.8) is 0 Å². The van der Waals surface area contributed by atoms with Crippen molar-refractivity contribution in [1.29, 1.82) is 0 Å². The second-order valence-corrected chi connectivity index (χ2v) is 5.94. The summed E-state index contributed by atoms with van der Waals surface area (Å²) in [6, 6.07) is 7.16. The van der Waals surface area contributed by atoms with Gasteiger partial charge >= 0.3 is 0 Å². The maximum atomic E-state index is 5.29. The zero-order valence-corrected chi connectivity index (χ0v) is 13.1. The molecule has 0 aliphatic heterocycles. The average molecular weight is 289 g/mol. The van der Waals surface area contributed by atoms with Crippen LogP contribution in [0.25, 0.3) is 10.9 Å². The van der Waals surface area contributed by atoms with Crippen LogP contribution in [0.3, 0.4) is 0 Å². The summed E-state index contributed by atoms with van der Waals surface area (Å²) in [6.07, 6.45) is 3.50. The van der Waals surface area contributed by atoms with Crippen LogP contribution in [0.1, 0.15) is 35.7 Å². The summed E-state index contributed by atoms with van der Waals surface area (Å²) in [7, 11) is 3.39. The zero-order valence-electron chi connectivity index (χ0n) is 13.1. The van der Waals surface area contributed by atoms with Gasteiger partial charge in [0.1, 0.15) is 12.6 Å². The number of methoxy groups -OCH3 is 2. The minimum Gasteiger partial charge on any atom is -0.353 e. The molecule has 3 N–H and O–H groups in total. The summed E-state index contributed by atoms with van der Waals surface area (Å²) in [5.41, 5.74) is 5.50. The normalized spacial score (nSPS) is 18.4. The van der Waals surface area contributed by atoms with Crippen LogP contribution in [-0.4, -0.2) is 32.0 Å². The number of hydrogen-bond donors (Lipinski definition) is 2. The van der Waals surface area contributed by atoms with Gasteiger partial charge in [0.2, 0.25) is 6.29 Å². The van der Waals surface area contributed by atoms with Crippen molar-refractivity contribution in [2.45, 2.75) is 38.5 Å². The minimum atomic E-state index is -0.137. The summed E-state index contributed by atoms with van der Waals surface area (Å²) in [5, 5.41) is 3.75. The van der Waals surface area contributed by atoms with Gasteiger partial charge in [0.25, 0.3) is 0 Å². The molecule has 0 saturated heterocycles. The molecule has 1 heterocycles. The molecule has 4 nitrogen and oxygen atoms in total. The third-order valence-corrected chi connectivity index (χ3v) is 4.55. The molecule has 0 bridgehead atoms. The van der Waals surface area contributed by atoms with Crippen molar-refractivity contribution in [3.8, 4) is 0 Å². The number of aromatic nitrogens is 1. The second kappa shape index (κ2) is 6.18. The number of H-pyrrole nitrogens is 1. The number of nitrogens with two attached hydrogens (primary N) is 1. The van der Waals surface area contributed by atoms with E-state index in [4.69, 9.17) is 9.47 Å². The van der Waals surface area contributed by atoms with E-state index in [0.29, 0.717) is 6.04 Å². The standard InChI is InChI=1S/C17H24N2O2/c1-11-7-8-14-13(9-11)12-5-4-6-15(17(12)19-14)18-10-16(20-2)21-3/h7-9,15-16,18-19H,4-6,10H2,1-3H3/p+1/t15-/m1/s1. The molecular formula is C17H25N2O2+. The molecule has 0 fully saturated rings. The first kappa shape index (κ1) is 14.6. The number of fused-ring (bicyclic) bond motifs is 3. The van der Waals surface area contributed by atoms with Gasteiger partial charge in [0.15, 0.2) is 0 Å². The first-order valence-electron chi connectivity index (χ1n) is 7.73. The predicted octanol–water partition coefficient (Wildman–Crippen LogP) is 2.04. The molecule has 0 spiro atoms. The molecule has 0 radical (unpaired) electrons. The number of quaternary nitrogens is 1. The molecule has 1 aromatic carbocycles. The topological polar surface area (TPSA) is 50.9 Å². The molecule has 3 rings (SSSR count). The van der Waals surface area contributed by atoms with Crippen LogP contribution < -0.4 is 5.32 Å². The lowest BCUT2D eigenvalue weighted by Crippen LogP contribution is -2.87. The Balaban J connectivity index is 1.86. The van der Waals surface area contributed by atoms with Crippen LogP contribution in [0.4, 0.5) is 0 Å². The van der Waals surface area contributed by atoms with Crippen LogP contribution in [0.15, 0.2) is 18.2 Å². The molecule has 1 aliphatic rings. The highest BCUT2D eigenvalue weighted by Crippen LogP contribution is 2.33. The highest BCUT2D eigenvalue weighted by Gasteiger charge is 2.27. The molecule has 21 heavy (non-hydrogen) atoms. The number of rotatable bonds is 5. The first-order chi connectivity index (χ1) is 10.2. The predicted molar refractivity (Wildman–Crippen MR) is 83.3 cm³/mol. The molecule has 0 unspecified atom stereocenters. The number of aromatic amines is 1. The molecule has 4 heteroatoms. The Hall–Kier alpha value is -1.36. The van der Waals surface area contributed by atoms with Crippen molar-refractivity contribution < 1.29 is 14.8 Å². The van der Waals surface area contributed by atoms with E-state index in [0.717, 1.165) is 6.54 Å². The van der Waals surface area contributed by atoms with E-state index < -0.39 is 0 Å². The van der Waals surface area contributed by atoms with Crippen molar-refractivity contribution in [3.05, 3.63) is 35.0 Å². The quantitative estimate of drug-likeness (QED) is 0.828. The maximum absolute atomic E-state index is 5.29. The van der Waals surface area contributed by atoms with Crippen LogP contribution in [-0.2, 0) is 15.9 Å². The van der Waals surface area contributed by atoms with Crippen LogP contribution in [0.5, 0.6) is 0 Å². The Morgan fingerprint density at radius 1 is 1.33 bits per heavy atom. The lowest BCUT2D eigenvalue weighted by molar-refractivity contribution is -0.708. The summed E-state index contributed by atoms with van der Waals surface area (Å²) >= 11 is 0. The second-order valence-electron chi connectivity index (χ2n) is 5.94. The van der Waals surface area contributed by atoms with Gasteiger partial charge in [-0.2, -0.15) is 0 Å². The number of benzene rings is 1. The average Bonchev–Trinajstić information content (AvgIpc) is 2.87. The fourth-order valence-corrected chi connectivity index (χ4v) is 3.41. The number of aryl methyl sites for hydroxylation is 2. The Labute approximate surface area is 125 Å².